The maximum absolute atomic E-state index is 11.3. The van der Waals surface area contributed by atoms with Crippen molar-refractivity contribution < 1.29 is 24.2 Å². The number of methoxy groups -OCH3 is 3. The number of rotatable bonds is 5. The third-order valence-electron chi connectivity index (χ3n) is 2.42. The van der Waals surface area contributed by atoms with Crippen molar-refractivity contribution in [2.45, 2.75) is 0 Å². The van der Waals surface area contributed by atoms with Crippen LogP contribution in [0, 0.1) is 0 Å². The number of hydroxylamine groups is 2. The highest BCUT2D eigenvalue weighted by atomic mass is 16.5. The SMILES string of the molecule is COc1cc(C=CC(=O)N(C)O)cc(OC)c1OC. The highest BCUT2D eigenvalue weighted by Crippen LogP contribution is 2.38. The summed E-state index contributed by atoms with van der Waals surface area (Å²) in [5.74, 6) is 0.930. The Morgan fingerprint density at radius 2 is 1.68 bits per heavy atom. The van der Waals surface area contributed by atoms with Gasteiger partial charge in [-0.3, -0.25) is 10.0 Å². The van der Waals surface area contributed by atoms with Crippen molar-refractivity contribution in [3.63, 3.8) is 0 Å². The van der Waals surface area contributed by atoms with Crippen molar-refractivity contribution in [1.82, 2.24) is 5.06 Å². The lowest BCUT2D eigenvalue weighted by Crippen LogP contribution is -2.19. The lowest BCUT2D eigenvalue weighted by molar-refractivity contribution is -0.153. The number of carbonyl (C=O) groups excluding carboxylic acids is 1. The second-order valence-electron chi connectivity index (χ2n) is 3.65. The van der Waals surface area contributed by atoms with E-state index in [-0.39, 0.29) is 0 Å². The normalized spacial score (nSPS) is 10.4. The van der Waals surface area contributed by atoms with E-state index >= 15 is 0 Å². The molecule has 104 valence electrons. The second-order valence-corrected chi connectivity index (χ2v) is 3.65. The Hall–Kier alpha value is -2.21. The van der Waals surface area contributed by atoms with E-state index in [4.69, 9.17) is 19.4 Å². The first-order valence-electron chi connectivity index (χ1n) is 5.48. The number of nitrogens with zero attached hydrogens (tertiary/aromatic N) is 1. The number of hydrogen-bond acceptors (Lipinski definition) is 5. The molecule has 0 unspecified atom stereocenters. The summed E-state index contributed by atoms with van der Waals surface area (Å²) < 4.78 is 15.6. The average Bonchev–Trinajstić information content (AvgIpc) is 2.42. The van der Waals surface area contributed by atoms with E-state index in [1.807, 2.05) is 0 Å². The van der Waals surface area contributed by atoms with Gasteiger partial charge in [-0.2, -0.15) is 0 Å². The van der Waals surface area contributed by atoms with Crippen LogP contribution in [0.3, 0.4) is 0 Å². The first-order chi connectivity index (χ1) is 9.03. The lowest BCUT2D eigenvalue weighted by Gasteiger charge is -2.12. The van der Waals surface area contributed by atoms with Gasteiger partial charge in [-0.1, -0.05) is 0 Å². The highest BCUT2D eigenvalue weighted by molar-refractivity contribution is 5.91. The van der Waals surface area contributed by atoms with Crippen LogP contribution in [0.1, 0.15) is 5.56 Å². The van der Waals surface area contributed by atoms with Gasteiger partial charge in [0.25, 0.3) is 5.91 Å². The van der Waals surface area contributed by atoms with Gasteiger partial charge in [0.2, 0.25) is 5.75 Å². The van der Waals surface area contributed by atoms with Gasteiger partial charge in [0.05, 0.1) is 21.3 Å². The van der Waals surface area contributed by atoms with Crippen LogP contribution in [0.5, 0.6) is 17.2 Å². The van der Waals surface area contributed by atoms with Gasteiger partial charge in [0.15, 0.2) is 11.5 Å². The molecular weight excluding hydrogens is 250 g/mol. The van der Waals surface area contributed by atoms with Gasteiger partial charge in [-0.05, 0) is 23.8 Å². The Kier molecular flexibility index (Phi) is 5.20. The van der Waals surface area contributed by atoms with E-state index in [1.165, 1.54) is 34.5 Å². The molecular formula is C13H17NO5. The van der Waals surface area contributed by atoms with Crippen LogP contribution in [0.15, 0.2) is 18.2 Å². The molecule has 0 spiro atoms. The second kappa shape index (κ2) is 6.65. The molecule has 1 rings (SSSR count). The fourth-order valence-electron chi connectivity index (χ4n) is 1.47. The van der Waals surface area contributed by atoms with E-state index in [0.29, 0.717) is 27.9 Å². The summed E-state index contributed by atoms with van der Waals surface area (Å²) in [5, 5.41) is 9.44. The van der Waals surface area contributed by atoms with Crippen LogP contribution in [0.25, 0.3) is 6.08 Å². The van der Waals surface area contributed by atoms with Gasteiger partial charge in [-0.25, -0.2) is 5.06 Å². The maximum Gasteiger partial charge on any atom is 0.269 e. The lowest BCUT2D eigenvalue weighted by atomic mass is 10.1. The predicted octanol–water partition coefficient (Wildman–Crippen LogP) is 1.57. The fourth-order valence-corrected chi connectivity index (χ4v) is 1.47. The standard InChI is InChI=1S/C13H17NO5/c1-14(16)12(15)6-5-9-7-10(17-2)13(19-4)11(8-9)18-3/h5-8,16H,1-4H3. The van der Waals surface area contributed by atoms with Gasteiger partial charge in [0, 0.05) is 13.1 Å². The summed E-state index contributed by atoms with van der Waals surface area (Å²) in [7, 11) is 5.79. The molecule has 0 radical (unpaired) electrons. The minimum Gasteiger partial charge on any atom is -0.493 e. The Labute approximate surface area is 111 Å². The number of ether oxygens (including phenoxy) is 3. The number of amides is 1. The van der Waals surface area contributed by atoms with Gasteiger partial charge in [-0.15, -0.1) is 0 Å². The summed E-state index contributed by atoms with van der Waals surface area (Å²) in [6.45, 7) is 0. The Bertz CT molecular complexity index is 457. The molecule has 19 heavy (non-hydrogen) atoms. The topological polar surface area (TPSA) is 68.2 Å². The van der Waals surface area contributed by atoms with E-state index < -0.39 is 5.91 Å². The van der Waals surface area contributed by atoms with E-state index in [9.17, 15) is 4.79 Å². The minimum absolute atomic E-state index is 0.479. The molecule has 1 N–H and O–H groups in total. The summed E-state index contributed by atoms with van der Waals surface area (Å²) >= 11 is 0. The van der Waals surface area contributed by atoms with Gasteiger partial charge >= 0.3 is 0 Å². The zero-order valence-corrected chi connectivity index (χ0v) is 11.3. The molecule has 0 fully saturated rings. The van der Waals surface area contributed by atoms with Crippen LogP contribution in [0.4, 0.5) is 0 Å². The number of hydrogen-bond donors (Lipinski definition) is 1. The molecule has 0 heterocycles. The van der Waals surface area contributed by atoms with E-state index in [0.717, 1.165) is 0 Å². The number of carbonyl (C=O) groups is 1. The van der Waals surface area contributed by atoms with Crippen LogP contribution >= 0.6 is 0 Å². The zero-order chi connectivity index (χ0) is 14.4. The highest BCUT2D eigenvalue weighted by Gasteiger charge is 2.12. The molecule has 1 amide bonds. The zero-order valence-electron chi connectivity index (χ0n) is 11.3. The molecule has 6 nitrogen and oxygen atoms in total. The van der Waals surface area contributed by atoms with Crippen molar-refractivity contribution in [3.8, 4) is 17.2 Å². The quantitative estimate of drug-likeness (QED) is 0.498. The van der Waals surface area contributed by atoms with Crippen LogP contribution in [-0.2, 0) is 4.79 Å². The van der Waals surface area contributed by atoms with E-state index in [2.05, 4.69) is 0 Å². The summed E-state index contributed by atoms with van der Waals surface area (Å²) in [6.07, 6.45) is 2.78. The van der Waals surface area contributed by atoms with Crippen molar-refractivity contribution in [2.75, 3.05) is 28.4 Å². The largest absolute Gasteiger partial charge is 0.493 e. The molecule has 0 saturated heterocycles. The van der Waals surface area contributed by atoms with Crippen molar-refractivity contribution in [2.24, 2.45) is 0 Å². The molecule has 6 heteroatoms. The van der Waals surface area contributed by atoms with Gasteiger partial charge < -0.3 is 14.2 Å². The fraction of sp³-hybridized carbons (Fsp3) is 0.308. The Balaban J connectivity index is 3.13. The van der Waals surface area contributed by atoms with Crippen LogP contribution in [-0.4, -0.2) is 44.6 Å². The average molecular weight is 267 g/mol. The summed E-state index contributed by atoms with van der Waals surface area (Å²) in [5.41, 5.74) is 0.685. The molecule has 1 aromatic rings. The first kappa shape index (κ1) is 14.8. The molecule has 0 aliphatic heterocycles. The molecule has 0 atom stereocenters. The number of likely N-dealkylation sites (N-methyl/N-ethyl adjacent to an activating group) is 1. The van der Waals surface area contributed by atoms with Crippen molar-refractivity contribution in [1.29, 1.82) is 0 Å². The third-order valence-corrected chi connectivity index (χ3v) is 2.42. The first-order valence-corrected chi connectivity index (χ1v) is 5.48. The Morgan fingerprint density at radius 3 is 2.05 bits per heavy atom. The van der Waals surface area contributed by atoms with Crippen LogP contribution in [0.2, 0.25) is 0 Å². The molecule has 0 bridgehead atoms. The smallest absolute Gasteiger partial charge is 0.269 e. The van der Waals surface area contributed by atoms with Gasteiger partial charge in [0.1, 0.15) is 0 Å². The molecule has 1 aromatic carbocycles. The molecule has 0 aliphatic carbocycles. The number of benzene rings is 1. The van der Waals surface area contributed by atoms with Crippen molar-refractivity contribution >= 4 is 12.0 Å². The van der Waals surface area contributed by atoms with Crippen LogP contribution < -0.4 is 14.2 Å². The molecule has 0 saturated carbocycles. The minimum atomic E-state index is -0.534. The predicted molar refractivity (Wildman–Crippen MR) is 69.7 cm³/mol. The summed E-state index contributed by atoms with van der Waals surface area (Å²) in [4.78, 5) is 11.3. The Morgan fingerprint density at radius 1 is 1.16 bits per heavy atom. The monoisotopic (exact) mass is 267 g/mol. The third kappa shape index (κ3) is 3.62. The molecule has 0 aromatic heterocycles. The van der Waals surface area contributed by atoms with E-state index in [1.54, 1.807) is 18.2 Å². The summed E-state index contributed by atoms with van der Waals surface area (Å²) in [6, 6.07) is 3.39. The maximum atomic E-state index is 11.3. The molecule has 0 aliphatic rings. The van der Waals surface area contributed by atoms with Crippen molar-refractivity contribution in [3.05, 3.63) is 23.8 Å².